The molecule has 0 radical (unpaired) electrons. The predicted molar refractivity (Wildman–Crippen MR) is 119 cm³/mol. The Bertz CT molecular complexity index is 1190. The van der Waals surface area contributed by atoms with Gasteiger partial charge in [-0.05, 0) is 30.7 Å². The van der Waals surface area contributed by atoms with Crippen LogP contribution in [0.4, 0.5) is 21.6 Å². The van der Waals surface area contributed by atoms with Crippen LogP contribution in [0.3, 0.4) is 0 Å². The lowest BCUT2D eigenvalue weighted by Gasteiger charge is -2.24. The molecular weight excluding hydrogens is 451 g/mol. The number of hydrogen-bond donors (Lipinski definition) is 2. The molecule has 2 aromatic carbocycles. The van der Waals surface area contributed by atoms with Crippen molar-refractivity contribution in [3.63, 3.8) is 0 Å². The molecule has 3 N–H and O–H groups in total. The van der Waals surface area contributed by atoms with Gasteiger partial charge in [0, 0.05) is 29.7 Å². The number of fused-ring (bicyclic) bond motifs is 1. The Morgan fingerprint density at radius 1 is 1.20 bits per heavy atom. The number of aromatic nitrogens is 1. The first kappa shape index (κ1) is 20.2. The number of nitrogens with one attached hydrogen (secondary N) is 1. The predicted octanol–water partition coefficient (Wildman–Crippen LogP) is 3.92. The molecule has 30 heavy (non-hydrogen) atoms. The lowest BCUT2D eigenvalue weighted by atomic mass is 10.1. The molecule has 0 atom stereocenters. The van der Waals surface area contributed by atoms with E-state index in [1.165, 1.54) is 12.1 Å². The third-order valence-electron chi connectivity index (χ3n) is 5.22. The first-order valence-corrected chi connectivity index (χ1v) is 10.2. The summed E-state index contributed by atoms with van der Waals surface area (Å²) in [4.78, 5) is 27.5. The molecule has 1 aliphatic heterocycles. The number of carbonyl (C=O) groups excluding carboxylic acids is 1. The summed E-state index contributed by atoms with van der Waals surface area (Å²) in [6.45, 7) is 3.16. The lowest BCUT2D eigenvalue weighted by Crippen LogP contribution is -2.29. The van der Waals surface area contributed by atoms with Crippen LogP contribution < -0.4 is 21.5 Å². The van der Waals surface area contributed by atoms with E-state index in [9.17, 15) is 14.0 Å². The molecule has 0 saturated carbocycles. The van der Waals surface area contributed by atoms with Crippen molar-refractivity contribution in [2.75, 3.05) is 16.8 Å². The number of nitrogens with two attached hydrogens (primary N) is 1. The molecular formula is C22H20BrFN4O2. The van der Waals surface area contributed by atoms with E-state index >= 15 is 0 Å². The largest absolute Gasteiger partial charge is 0.365 e. The van der Waals surface area contributed by atoms with E-state index in [0.29, 0.717) is 35.5 Å². The molecule has 8 heteroatoms. The molecule has 0 spiro atoms. The number of rotatable bonds is 5. The highest BCUT2D eigenvalue weighted by molar-refractivity contribution is 9.10. The van der Waals surface area contributed by atoms with Crippen LogP contribution in [0.2, 0.25) is 0 Å². The van der Waals surface area contributed by atoms with Crippen molar-refractivity contribution in [3.05, 3.63) is 85.9 Å². The zero-order valence-electron chi connectivity index (χ0n) is 16.3. The Balaban J connectivity index is 1.85. The molecule has 0 saturated heterocycles. The van der Waals surface area contributed by atoms with E-state index in [-0.39, 0.29) is 22.5 Å². The molecule has 1 aliphatic rings. The summed E-state index contributed by atoms with van der Waals surface area (Å²) < 4.78 is 16.6. The molecule has 3 aromatic rings. The standard InChI is InChI=1S/C22H20BrFN4O2/c1-13-19(26-17-8-7-15(23)11-16(17)24)18(20(25)29)21-27(9-10-28(21)22(13)30)12-14-5-3-2-4-6-14/h2-8,11,26H,9-10,12H2,1H3,(H2,25,29). The molecule has 0 aliphatic carbocycles. The smallest absolute Gasteiger partial charge is 0.257 e. The summed E-state index contributed by atoms with van der Waals surface area (Å²) in [5, 5.41) is 2.94. The first-order valence-electron chi connectivity index (χ1n) is 9.45. The molecule has 2 heterocycles. The number of primary amides is 1. The van der Waals surface area contributed by atoms with E-state index in [1.807, 2.05) is 35.2 Å². The Labute approximate surface area is 181 Å². The fourth-order valence-electron chi connectivity index (χ4n) is 3.78. The van der Waals surface area contributed by atoms with Crippen LogP contribution in [0.15, 0.2) is 57.8 Å². The third kappa shape index (κ3) is 3.59. The second-order valence-corrected chi connectivity index (χ2v) is 8.09. The molecule has 0 unspecified atom stereocenters. The minimum atomic E-state index is -0.679. The van der Waals surface area contributed by atoms with Crippen LogP contribution >= 0.6 is 15.9 Å². The average Bonchev–Trinajstić information content (AvgIpc) is 3.11. The Morgan fingerprint density at radius 3 is 2.60 bits per heavy atom. The molecule has 1 amide bonds. The summed E-state index contributed by atoms with van der Waals surface area (Å²) in [6, 6.07) is 14.3. The summed E-state index contributed by atoms with van der Waals surface area (Å²) in [7, 11) is 0. The quantitative estimate of drug-likeness (QED) is 0.591. The van der Waals surface area contributed by atoms with E-state index in [2.05, 4.69) is 21.2 Å². The van der Waals surface area contributed by atoms with E-state index in [4.69, 9.17) is 5.73 Å². The molecule has 0 bridgehead atoms. The number of nitrogens with zero attached hydrogens (tertiary/aromatic N) is 2. The van der Waals surface area contributed by atoms with Crippen molar-refractivity contribution < 1.29 is 9.18 Å². The maximum atomic E-state index is 14.4. The monoisotopic (exact) mass is 470 g/mol. The van der Waals surface area contributed by atoms with Crippen LogP contribution in [0, 0.1) is 12.7 Å². The maximum Gasteiger partial charge on any atom is 0.257 e. The summed E-state index contributed by atoms with van der Waals surface area (Å²) in [5.74, 6) is -0.732. The number of hydrogen-bond acceptors (Lipinski definition) is 4. The molecule has 6 nitrogen and oxygen atoms in total. The third-order valence-corrected chi connectivity index (χ3v) is 5.71. The normalized spacial score (nSPS) is 12.7. The van der Waals surface area contributed by atoms with Gasteiger partial charge in [-0.2, -0.15) is 0 Å². The highest BCUT2D eigenvalue weighted by atomic mass is 79.9. The minimum Gasteiger partial charge on any atom is -0.365 e. The number of anilines is 3. The van der Waals surface area contributed by atoms with Gasteiger partial charge in [-0.15, -0.1) is 0 Å². The van der Waals surface area contributed by atoms with Crippen molar-refractivity contribution >= 4 is 39.0 Å². The Kier molecular flexibility index (Phi) is 5.34. The maximum absolute atomic E-state index is 14.4. The van der Waals surface area contributed by atoms with Gasteiger partial charge in [-0.1, -0.05) is 46.3 Å². The highest BCUT2D eigenvalue weighted by Gasteiger charge is 2.31. The molecule has 0 fully saturated rings. The number of benzene rings is 2. The number of amides is 1. The zero-order chi connectivity index (χ0) is 21.4. The number of carbonyl (C=O) groups is 1. The van der Waals surface area contributed by atoms with E-state index < -0.39 is 11.7 Å². The second kappa shape index (κ2) is 7.95. The van der Waals surface area contributed by atoms with Crippen LogP contribution in [0.1, 0.15) is 21.5 Å². The van der Waals surface area contributed by atoms with Crippen LogP contribution in [0.5, 0.6) is 0 Å². The second-order valence-electron chi connectivity index (χ2n) is 7.18. The summed E-state index contributed by atoms with van der Waals surface area (Å²) in [6.07, 6.45) is 0. The molecule has 1 aromatic heterocycles. The Morgan fingerprint density at radius 2 is 1.93 bits per heavy atom. The fraction of sp³-hybridized carbons (Fsp3) is 0.182. The van der Waals surface area contributed by atoms with Gasteiger partial charge < -0.3 is 16.0 Å². The van der Waals surface area contributed by atoms with Crippen LogP contribution in [0.25, 0.3) is 0 Å². The van der Waals surface area contributed by atoms with Crippen molar-refractivity contribution in [1.29, 1.82) is 0 Å². The van der Waals surface area contributed by atoms with Gasteiger partial charge in [0.15, 0.2) is 0 Å². The number of halogens is 2. The lowest BCUT2D eigenvalue weighted by molar-refractivity contribution is 0.100. The Hall–Kier alpha value is -3.13. The van der Waals surface area contributed by atoms with Crippen molar-refractivity contribution in [2.45, 2.75) is 20.0 Å². The van der Waals surface area contributed by atoms with Gasteiger partial charge in [-0.25, -0.2) is 4.39 Å². The van der Waals surface area contributed by atoms with Crippen molar-refractivity contribution in [1.82, 2.24) is 4.57 Å². The topological polar surface area (TPSA) is 80.4 Å². The van der Waals surface area contributed by atoms with Crippen LogP contribution in [-0.4, -0.2) is 17.0 Å². The van der Waals surface area contributed by atoms with Gasteiger partial charge in [0.05, 0.1) is 11.4 Å². The van der Waals surface area contributed by atoms with Gasteiger partial charge >= 0.3 is 0 Å². The van der Waals surface area contributed by atoms with Crippen molar-refractivity contribution in [3.8, 4) is 0 Å². The van der Waals surface area contributed by atoms with Gasteiger partial charge in [0.2, 0.25) is 0 Å². The number of pyridine rings is 1. The zero-order valence-corrected chi connectivity index (χ0v) is 17.9. The van der Waals surface area contributed by atoms with Gasteiger partial charge in [0.1, 0.15) is 17.2 Å². The van der Waals surface area contributed by atoms with Crippen LogP contribution in [-0.2, 0) is 13.1 Å². The van der Waals surface area contributed by atoms with Gasteiger partial charge in [0.25, 0.3) is 11.5 Å². The minimum absolute atomic E-state index is 0.153. The molecule has 4 rings (SSSR count). The van der Waals surface area contributed by atoms with E-state index in [1.54, 1.807) is 17.6 Å². The van der Waals surface area contributed by atoms with Crippen molar-refractivity contribution in [2.24, 2.45) is 5.73 Å². The SMILES string of the molecule is Cc1c(Nc2ccc(Br)cc2F)c(C(N)=O)c2n(c1=O)CCN2Cc1ccccc1. The van der Waals surface area contributed by atoms with E-state index in [0.717, 1.165) is 5.56 Å². The summed E-state index contributed by atoms with van der Waals surface area (Å²) in [5.41, 5.74) is 7.46. The average molecular weight is 471 g/mol. The van der Waals surface area contributed by atoms with Gasteiger partial charge in [-0.3, -0.25) is 14.2 Å². The fourth-order valence-corrected chi connectivity index (χ4v) is 4.11. The highest BCUT2D eigenvalue weighted by Crippen LogP contribution is 2.35. The molecule has 154 valence electrons. The first-order chi connectivity index (χ1) is 14.4. The summed E-state index contributed by atoms with van der Waals surface area (Å²) >= 11 is 3.22.